The van der Waals surface area contributed by atoms with E-state index in [1.54, 1.807) is 0 Å². The van der Waals surface area contributed by atoms with E-state index in [1.807, 2.05) is 37.5 Å². The fourth-order valence-corrected chi connectivity index (χ4v) is 5.56. The van der Waals surface area contributed by atoms with Crippen LogP contribution >= 0.6 is 0 Å². The van der Waals surface area contributed by atoms with E-state index in [-0.39, 0.29) is 39.3 Å². The summed E-state index contributed by atoms with van der Waals surface area (Å²) < 4.78 is 84.1. The predicted octanol–water partition coefficient (Wildman–Crippen LogP) is 5.40. The van der Waals surface area contributed by atoms with Crippen molar-refractivity contribution in [3.8, 4) is 0 Å². The summed E-state index contributed by atoms with van der Waals surface area (Å²) >= 11 is 0. The highest BCUT2D eigenvalue weighted by Crippen LogP contribution is 2.44. The number of halogens is 6. The van der Waals surface area contributed by atoms with Gasteiger partial charge in [0, 0.05) is 64.5 Å². The number of hydrogen-bond donors (Lipinski definition) is 4. The van der Waals surface area contributed by atoms with Crippen molar-refractivity contribution in [3.63, 3.8) is 0 Å². The molecule has 0 fully saturated rings. The molecule has 2 aromatic carbocycles. The van der Waals surface area contributed by atoms with Gasteiger partial charge in [0.25, 0.3) is 11.4 Å². The molecule has 0 radical (unpaired) electrons. The van der Waals surface area contributed by atoms with Crippen molar-refractivity contribution in [3.05, 3.63) is 55.6 Å². The largest absolute Gasteiger partial charge is 0.416 e. The number of benzene rings is 2. The molecule has 2 aromatic rings. The van der Waals surface area contributed by atoms with Crippen molar-refractivity contribution < 1.29 is 41.0 Å². The van der Waals surface area contributed by atoms with Gasteiger partial charge in [-0.3, -0.25) is 20.2 Å². The number of nitro groups is 2. The van der Waals surface area contributed by atoms with Gasteiger partial charge in [0.15, 0.2) is 0 Å². The maximum absolute atomic E-state index is 14.0. The predicted molar refractivity (Wildman–Crippen MR) is 187 cm³/mol. The molecule has 292 valence electrons. The third-order valence-corrected chi connectivity index (χ3v) is 8.32. The second kappa shape index (κ2) is 19.4. The van der Waals surface area contributed by atoms with Crippen molar-refractivity contribution >= 4 is 40.2 Å². The maximum atomic E-state index is 14.0. The molecule has 0 aliphatic rings. The highest BCUT2D eigenvalue weighted by molar-refractivity contribution is 6.05. The molecule has 6 N–H and O–H groups in total. The minimum Gasteiger partial charge on any atom is -0.362 e. The Balaban J connectivity index is 2.83. The van der Waals surface area contributed by atoms with Crippen LogP contribution in [0.1, 0.15) is 38.8 Å². The zero-order chi connectivity index (χ0) is 39.4. The van der Waals surface area contributed by atoms with Crippen LogP contribution in [0.3, 0.4) is 0 Å². The Morgan fingerprint density at radius 2 is 0.962 bits per heavy atom. The summed E-state index contributed by atoms with van der Waals surface area (Å²) in [7, 11) is 0. The van der Waals surface area contributed by atoms with Gasteiger partial charge in [0.1, 0.15) is 11.4 Å². The molecule has 0 aliphatic carbocycles. The summed E-state index contributed by atoms with van der Waals surface area (Å²) in [4.78, 5) is 42.5. The number of alkyl halides is 6. The van der Waals surface area contributed by atoms with Crippen molar-refractivity contribution in [2.75, 3.05) is 99.0 Å². The lowest BCUT2D eigenvalue weighted by atomic mass is 10.1. The molecule has 0 saturated carbocycles. The minimum absolute atomic E-state index is 0.0337. The number of hydrogen-bond acceptors (Lipinski definition) is 11. The summed E-state index contributed by atoms with van der Waals surface area (Å²) in [6, 6.07) is 0.118. The molecule has 0 heterocycles. The standard InChI is InChI=1S/C31H46F6N10O5/c1-5-42(6-2)13-15-44(11-9-38)27-23(17-21(30(32,33)34)19-25(27)46(49)50)40-29(48)41-24-18-22(31(35,36)37)20-26(47(51)52)28(24)45(12-10-39)16-14-43(7-3)8-4/h17-20H,5-16,38-39H2,1-4H3,(H2,40,41,48). The van der Waals surface area contributed by atoms with E-state index in [4.69, 9.17) is 11.5 Å². The number of nitrogens with one attached hydrogen (secondary N) is 2. The zero-order valence-corrected chi connectivity index (χ0v) is 29.4. The summed E-state index contributed by atoms with van der Waals surface area (Å²) in [5, 5.41) is 28.7. The van der Waals surface area contributed by atoms with Crippen LogP contribution in [0.2, 0.25) is 0 Å². The number of nitrogens with two attached hydrogens (primary N) is 2. The highest BCUT2D eigenvalue weighted by atomic mass is 19.4. The van der Waals surface area contributed by atoms with E-state index in [9.17, 15) is 51.4 Å². The number of carbonyl (C=O) groups excluding carboxylic acids is 1. The Kier molecular flexibility index (Phi) is 16.3. The van der Waals surface area contributed by atoms with Crippen molar-refractivity contribution in [1.29, 1.82) is 0 Å². The summed E-state index contributed by atoms with van der Waals surface area (Å²) in [6.07, 6.45) is -10.2. The number of rotatable bonds is 20. The van der Waals surface area contributed by atoms with Gasteiger partial charge >= 0.3 is 18.4 Å². The molecule has 0 atom stereocenters. The van der Waals surface area contributed by atoms with Crippen LogP contribution < -0.4 is 31.9 Å². The highest BCUT2D eigenvalue weighted by Gasteiger charge is 2.38. The summed E-state index contributed by atoms with van der Waals surface area (Å²) in [5.74, 6) is 0. The van der Waals surface area contributed by atoms with Gasteiger partial charge in [-0.2, -0.15) is 26.3 Å². The van der Waals surface area contributed by atoms with E-state index >= 15 is 0 Å². The normalized spacial score (nSPS) is 12.0. The molecule has 0 saturated heterocycles. The number of carbonyl (C=O) groups is 1. The number of urea groups is 1. The lowest BCUT2D eigenvalue weighted by Gasteiger charge is -2.30. The van der Waals surface area contributed by atoms with Gasteiger partial charge in [0.05, 0.1) is 32.3 Å². The second-order valence-corrected chi connectivity index (χ2v) is 11.5. The molecular formula is C31H46F6N10O5. The third kappa shape index (κ3) is 11.8. The zero-order valence-electron chi connectivity index (χ0n) is 29.4. The quantitative estimate of drug-likeness (QED) is 0.0769. The molecule has 0 spiro atoms. The van der Waals surface area contributed by atoms with Crippen LogP contribution in [0.25, 0.3) is 0 Å². The second-order valence-electron chi connectivity index (χ2n) is 11.5. The van der Waals surface area contributed by atoms with E-state index in [0.717, 1.165) is 0 Å². The molecule has 2 rings (SSSR count). The fraction of sp³-hybridized carbons (Fsp3) is 0.581. The van der Waals surface area contributed by atoms with E-state index in [1.165, 1.54) is 9.80 Å². The van der Waals surface area contributed by atoms with E-state index in [0.29, 0.717) is 63.5 Å². The van der Waals surface area contributed by atoms with Gasteiger partial charge in [-0.15, -0.1) is 0 Å². The van der Waals surface area contributed by atoms with Crippen molar-refractivity contribution in [2.45, 2.75) is 40.0 Å². The van der Waals surface area contributed by atoms with E-state index < -0.39 is 73.5 Å². The van der Waals surface area contributed by atoms with Crippen LogP contribution in [0.5, 0.6) is 0 Å². The van der Waals surface area contributed by atoms with Gasteiger partial charge in [-0.25, -0.2) is 4.79 Å². The smallest absolute Gasteiger partial charge is 0.362 e. The number of anilines is 4. The SMILES string of the molecule is CCN(CC)CCN(CCN)c1c(NC(=O)Nc2cc(C(F)(F)F)cc([N+](=O)[O-])c2N(CCN)CCN(CC)CC)cc(C(F)(F)F)cc1[N+](=O)[O-]. The Morgan fingerprint density at radius 1 is 0.635 bits per heavy atom. The average Bonchev–Trinajstić information content (AvgIpc) is 3.06. The minimum atomic E-state index is -5.11. The van der Waals surface area contributed by atoms with Crippen molar-refractivity contribution in [2.24, 2.45) is 11.5 Å². The topological polar surface area (TPSA) is 192 Å². The van der Waals surface area contributed by atoms with Crippen LogP contribution in [0, 0.1) is 20.2 Å². The first-order chi connectivity index (χ1) is 24.4. The summed E-state index contributed by atoms with van der Waals surface area (Å²) in [5.41, 5.74) is 4.27. The number of nitrogens with zero attached hydrogens (tertiary/aromatic N) is 6. The van der Waals surface area contributed by atoms with Crippen LogP contribution in [0.4, 0.5) is 65.3 Å². The fourth-order valence-electron chi connectivity index (χ4n) is 5.56. The Hall–Kier alpha value is -4.47. The first-order valence-corrected chi connectivity index (χ1v) is 16.6. The maximum Gasteiger partial charge on any atom is 0.416 e. The van der Waals surface area contributed by atoms with Crippen molar-refractivity contribution in [1.82, 2.24) is 9.80 Å². The molecule has 0 aromatic heterocycles. The molecule has 0 bridgehead atoms. The molecular weight excluding hydrogens is 706 g/mol. The lowest BCUT2D eigenvalue weighted by Crippen LogP contribution is -2.39. The Morgan fingerprint density at radius 3 is 1.21 bits per heavy atom. The molecule has 15 nitrogen and oxygen atoms in total. The van der Waals surface area contributed by atoms with Gasteiger partial charge in [-0.05, 0) is 38.3 Å². The molecule has 2 amide bonds. The van der Waals surface area contributed by atoms with Crippen LogP contribution in [0.15, 0.2) is 24.3 Å². The lowest BCUT2D eigenvalue weighted by molar-refractivity contribution is -0.384. The number of nitro benzene ring substituents is 2. The monoisotopic (exact) mass is 752 g/mol. The molecule has 0 unspecified atom stereocenters. The molecule has 52 heavy (non-hydrogen) atoms. The third-order valence-electron chi connectivity index (χ3n) is 8.32. The van der Waals surface area contributed by atoms with Gasteiger partial charge in [-0.1, -0.05) is 27.7 Å². The Bertz CT molecular complexity index is 1410. The first-order valence-electron chi connectivity index (χ1n) is 16.6. The summed E-state index contributed by atoms with van der Waals surface area (Å²) in [6.45, 7) is 10.1. The molecule has 21 heteroatoms. The van der Waals surface area contributed by atoms with Gasteiger partial charge in [0.2, 0.25) is 0 Å². The number of likely N-dealkylation sites (N-methyl/N-ethyl adjacent to an activating group) is 2. The van der Waals surface area contributed by atoms with Crippen LogP contribution in [-0.2, 0) is 12.4 Å². The van der Waals surface area contributed by atoms with Crippen LogP contribution in [-0.4, -0.2) is 104 Å². The molecule has 0 aliphatic heterocycles. The van der Waals surface area contributed by atoms with E-state index in [2.05, 4.69) is 10.6 Å². The first kappa shape index (κ1) is 43.7. The van der Waals surface area contributed by atoms with Gasteiger partial charge < -0.3 is 41.7 Å². The number of amides is 2. The average molecular weight is 753 g/mol. The Labute approximate surface area is 297 Å².